The van der Waals surface area contributed by atoms with Crippen molar-refractivity contribution in [2.45, 2.75) is 24.9 Å². The van der Waals surface area contributed by atoms with Gasteiger partial charge in [-0.3, -0.25) is 4.79 Å². The van der Waals surface area contributed by atoms with Gasteiger partial charge in [-0.25, -0.2) is 9.18 Å². The first-order valence-corrected chi connectivity index (χ1v) is 11.3. The van der Waals surface area contributed by atoms with Crippen molar-refractivity contribution in [1.82, 2.24) is 19.6 Å². The summed E-state index contributed by atoms with van der Waals surface area (Å²) in [4.78, 5) is 33.6. The highest BCUT2D eigenvalue weighted by molar-refractivity contribution is 5.94. The molecule has 2 aromatic carbocycles. The molecule has 0 bridgehead atoms. The van der Waals surface area contributed by atoms with Crippen molar-refractivity contribution in [3.8, 4) is 11.5 Å². The van der Waals surface area contributed by atoms with Gasteiger partial charge in [0.1, 0.15) is 17.3 Å². The van der Waals surface area contributed by atoms with Gasteiger partial charge in [-0.05, 0) is 75.5 Å². The van der Waals surface area contributed by atoms with Crippen LogP contribution in [0.2, 0.25) is 0 Å². The highest BCUT2D eigenvalue weighted by Gasteiger charge is 2.36. The van der Waals surface area contributed by atoms with Gasteiger partial charge >= 0.3 is 6.03 Å². The van der Waals surface area contributed by atoms with Crippen molar-refractivity contribution in [1.29, 1.82) is 0 Å². The fourth-order valence-electron chi connectivity index (χ4n) is 4.44. The average Bonchev–Trinajstić information content (AvgIpc) is 3.50. The van der Waals surface area contributed by atoms with E-state index >= 15 is 0 Å². The maximum Gasteiger partial charge on any atom is 0.320 e. The van der Waals surface area contributed by atoms with E-state index in [-0.39, 0.29) is 23.8 Å². The number of benzene rings is 2. The van der Waals surface area contributed by atoms with Crippen molar-refractivity contribution in [2.75, 3.05) is 47.3 Å². The molecule has 0 saturated carbocycles. The second kappa shape index (κ2) is 9.79. The fourth-order valence-corrected chi connectivity index (χ4v) is 4.44. The van der Waals surface area contributed by atoms with Crippen LogP contribution in [0.4, 0.5) is 9.18 Å². The molecule has 0 N–H and O–H groups in total. The van der Waals surface area contributed by atoms with Gasteiger partial charge in [-0.1, -0.05) is 0 Å². The SMILES string of the molecule is CN(C)[C@@H]1CCN(C(=O)N2CC[C@H](N(C)C(=O)c3ccc(Oc4ccc(F)cc4)cc3)C2)C1. The van der Waals surface area contributed by atoms with Gasteiger partial charge in [0.2, 0.25) is 0 Å². The number of hydrogen-bond acceptors (Lipinski definition) is 4. The maximum atomic E-state index is 13.0. The molecule has 0 spiro atoms. The van der Waals surface area contributed by atoms with Gasteiger partial charge < -0.3 is 24.3 Å². The number of hydrogen-bond donors (Lipinski definition) is 0. The summed E-state index contributed by atoms with van der Waals surface area (Å²) in [6.45, 7) is 2.75. The highest BCUT2D eigenvalue weighted by atomic mass is 19.1. The summed E-state index contributed by atoms with van der Waals surface area (Å²) >= 11 is 0. The van der Waals surface area contributed by atoms with E-state index in [0.717, 1.165) is 25.9 Å². The summed E-state index contributed by atoms with van der Waals surface area (Å²) in [5.41, 5.74) is 0.558. The van der Waals surface area contributed by atoms with Crippen molar-refractivity contribution in [3.05, 3.63) is 59.9 Å². The lowest BCUT2D eigenvalue weighted by Gasteiger charge is -2.27. The topological polar surface area (TPSA) is 56.3 Å². The molecule has 2 aromatic rings. The molecule has 3 amide bonds. The Kier molecular flexibility index (Phi) is 6.83. The largest absolute Gasteiger partial charge is 0.457 e. The molecule has 8 heteroatoms. The van der Waals surface area contributed by atoms with Gasteiger partial charge in [0, 0.05) is 44.8 Å². The third-order valence-electron chi connectivity index (χ3n) is 6.62. The first-order valence-electron chi connectivity index (χ1n) is 11.3. The predicted octanol–water partition coefficient (Wildman–Crippen LogP) is 3.52. The van der Waals surface area contributed by atoms with Gasteiger partial charge in [0.25, 0.3) is 5.91 Å². The van der Waals surface area contributed by atoms with Gasteiger partial charge in [0.05, 0.1) is 6.04 Å². The fraction of sp³-hybridized carbons (Fsp3) is 0.440. The number of carbonyl (C=O) groups excluding carboxylic acids is 2. The van der Waals surface area contributed by atoms with Gasteiger partial charge in [0.15, 0.2) is 0 Å². The average molecular weight is 455 g/mol. The Morgan fingerprint density at radius 1 is 0.848 bits per heavy atom. The van der Waals surface area contributed by atoms with E-state index in [1.54, 1.807) is 48.3 Å². The van der Waals surface area contributed by atoms with Crippen LogP contribution < -0.4 is 4.74 Å². The van der Waals surface area contributed by atoms with E-state index in [9.17, 15) is 14.0 Å². The maximum absolute atomic E-state index is 13.0. The van der Waals surface area contributed by atoms with Crippen LogP contribution in [0.25, 0.3) is 0 Å². The number of carbonyl (C=O) groups is 2. The summed E-state index contributed by atoms with van der Waals surface area (Å²) in [7, 11) is 5.89. The minimum atomic E-state index is -0.323. The van der Waals surface area contributed by atoms with E-state index in [0.29, 0.717) is 36.2 Å². The minimum Gasteiger partial charge on any atom is -0.457 e. The molecule has 2 atom stereocenters. The van der Waals surface area contributed by atoms with E-state index < -0.39 is 0 Å². The van der Waals surface area contributed by atoms with Gasteiger partial charge in [-0.2, -0.15) is 0 Å². The van der Waals surface area contributed by atoms with E-state index in [1.807, 2.05) is 23.9 Å². The molecule has 4 rings (SSSR count). The lowest BCUT2D eigenvalue weighted by Crippen LogP contribution is -2.44. The van der Waals surface area contributed by atoms with E-state index in [4.69, 9.17) is 4.74 Å². The van der Waals surface area contributed by atoms with Crippen LogP contribution >= 0.6 is 0 Å². The molecule has 0 radical (unpaired) electrons. The molecule has 2 fully saturated rings. The highest BCUT2D eigenvalue weighted by Crippen LogP contribution is 2.24. The molecule has 2 aliphatic rings. The lowest BCUT2D eigenvalue weighted by atomic mass is 10.1. The van der Waals surface area contributed by atoms with Crippen LogP contribution in [-0.4, -0.2) is 90.9 Å². The van der Waals surface area contributed by atoms with Crippen LogP contribution in [0.3, 0.4) is 0 Å². The van der Waals surface area contributed by atoms with Crippen LogP contribution in [0, 0.1) is 5.82 Å². The Hall–Kier alpha value is -3.13. The molecule has 2 aliphatic heterocycles. The summed E-state index contributed by atoms with van der Waals surface area (Å²) in [6, 6.07) is 13.1. The standard InChI is InChI=1S/C25H31FN4O3/c1-27(2)20-12-14-29(16-20)25(32)30-15-13-21(17-30)28(3)24(31)18-4-8-22(9-5-18)33-23-10-6-19(26)7-11-23/h4-11,20-21H,12-17H2,1-3H3/t20-,21+/m1/s1. The Morgan fingerprint density at radius 2 is 1.36 bits per heavy atom. The molecule has 2 heterocycles. The number of urea groups is 1. The van der Waals surface area contributed by atoms with Crippen LogP contribution in [0.5, 0.6) is 11.5 Å². The summed E-state index contributed by atoms with van der Waals surface area (Å²) < 4.78 is 18.7. The normalized spacial score (nSPS) is 20.4. The second-order valence-corrected chi connectivity index (χ2v) is 9.02. The quantitative estimate of drug-likeness (QED) is 0.694. The zero-order valence-corrected chi connectivity index (χ0v) is 19.4. The number of ether oxygens (including phenoxy) is 1. The van der Waals surface area contributed by atoms with Crippen molar-refractivity contribution >= 4 is 11.9 Å². The van der Waals surface area contributed by atoms with Crippen molar-refractivity contribution < 1.29 is 18.7 Å². The first kappa shape index (κ1) is 23.0. The lowest BCUT2D eigenvalue weighted by molar-refractivity contribution is 0.0735. The molecular weight excluding hydrogens is 423 g/mol. The number of nitrogens with zero attached hydrogens (tertiary/aromatic N) is 4. The molecule has 7 nitrogen and oxygen atoms in total. The molecular formula is C25H31FN4O3. The van der Waals surface area contributed by atoms with Crippen LogP contribution in [-0.2, 0) is 0 Å². The Labute approximate surface area is 194 Å². The molecule has 0 unspecified atom stereocenters. The summed E-state index contributed by atoms with van der Waals surface area (Å²) in [6.07, 6.45) is 1.76. The Morgan fingerprint density at radius 3 is 1.91 bits per heavy atom. The first-order chi connectivity index (χ1) is 15.8. The molecule has 0 aliphatic carbocycles. The predicted molar refractivity (Wildman–Crippen MR) is 124 cm³/mol. The monoisotopic (exact) mass is 454 g/mol. The third kappa shape index (κ3) is 5.27. The van der Waals surface area contributed by atoms with E-state index in [1.165, 1.54) is 12.1 Å². The second-order valence-electron chi connectivity index (χ2n) is 9.02. The molecule has 0 aromatic heterocycles. The summed E-state index contributed by atoms with van der Waals surface area (Å²) in [5, 5.41) is 0. The molecule has 2 saturated heterocycles. The zero-order chi connectivity index (χ0) is 23.5. The summed E-state index contributed by atoms with van der Waals surface area (Å²) in [5.74, 6) is 0.687. The van der Waals surface area contributed by atoms with Crippen molar-refractivity contribution in [3.63, 3.8) is 0 Å². The molecule has 176 valence electrons. The minimum absolute atomic E-state index is 0.0103. The Balaban J connectivity index is 1.32. The van der Waals surface area contributed by atoms with E-state index in [2.05, 4.69) is 4.90 Å². The van der Waals surface area contributed by atoms with Crippen molar-refractivity contribution in [2.24, 2.45) is 0 Å². The number of amides is 3. The third-order valence-corrected chi connectivity index (χ3v) is 6.62. The zero-order valence-electron chi connectivity index (χ0n) is 19.4. The number of likely N-dealkylation sites (N-methyl/N-ethyl adjacent to an activating group) is 2. The number of likely N-dealkylation sites (tertiary alicyclic amines) is 2. The Bertz CT molecular complexity index is 980. The smallest absolute Gasteiger partial charge is 0.320 e. The van der Waals surface area contributed by atoms with Crippen LogP contribution in [0.15, 0.2) is 48.5 Å². The van der Waals surface area contributed by atoms with Gasteiger partial charge in [-0.15, -0.1) is 0 Å². The molecule has 33 heavy (non-hydrogen) atoms. The van der Waals surface area contributed by atoms with Crippen LogP contribution in [0.1, 0.15) is 23.2 Å². The number of rotatable bonds is 5. The number of halogens is 1.